The second-order valence-electron chi connectivity index (χ2n) is 4.80. The predicted octanol–water partition coefficient (Wildman–Crippen LogP) is 1.76. The normalized spacial score (nSPS) is 11.4. The minimum atomic E-state index is -0.988. The van der Waals surface area contributed by atoms with Crippen LogP contribution in [-0.4, -0.2) is 22.9 Å². The van der Waals surface area contributed by atoms with Crippen molar-refractivity contribution in [2.24, 2.45) is 0 Å². The second-order valence-corrected chi connectivity index (χ2v) is 4.80. The molecule has 0 radical (unpaired) electrons. The third-order valence-electron chi connectivity index (χ3n) is 2.93. The Balaban J connectivity index is 1.89. The SMILES string of the molecule is Cc1cccc(C(=O)NNC(=O)C(C)Oc2ccccc2F)n1. The van der Waals surface area contributed by atoms with Crippen molar-refractivity contribution in [3.8, 4) is 5.75 Å². The molecule has 0 saturated carbocycles. The van der Waals surface area contributed by atoms with E-state index >= 15 is 0 Å². The lowest BCUT2D eigenvalue weighted by Gasteiger charge is -2.15. The van der Waals surface area contributed by atoms with Gasteiger partial charge >= 0.3 is 0 Å². The summed E-state index contributed by atoms with van der Waals surface area (Å²) in [5.74, 6) is -1.78. The van der Waals surface area contributed by atoms with Crippen molar-refractivity contribution in [3.63, 3.8) is 0 Å². The number of aromatic nitrogens is 1. The van der Waals surface area contributed by atoms with Crippen molar-refractivity contribution in [3.05, 3.63) is 59.7 Å². The van der Waals surface area contributed by atoms with Crippen molar-refractivity contribution in [2.45, 2.75) is 20.0 Å². The molecule has 0 bridgehead atoms. The second kappa shape index (κ2) is 7.35. The Bertz CT molecular complexity index is 721. The average molecular weight is 317 g/mol. The van der Waals surface area contributed by atoms with E-state index in [1.54, 1.807) is 25.1 Å². The van der Waals surface area contributed by atoms with Crippen molar-refractivity contribution in [1.82, 2.24) is 15.8 Å². The van der Waals surface area contributed by atoms with Crippen molar-refractivity contribution in [2.75, 3.05) is 0 Å². The number of ether oxygens (including phenoxy) is 1. The molecule has 2 rings (SSSR count). The summed E-state index contributed by atoms with van der Waals surface area (Å²) < 4.78 is 18.7. The van der Waals surface area contributed by atoms with Crippen LogP contribution in [0.5, 0.6) is 5.75 Å². The summed E-state index contributed by atoms with van der Waals surface area (Å²) in [7, 11) is 0. The number of benzene rings is 1. The Morgan fingerprint density at radius 2 is 1.87 bits per heavy atom. The third kappa shape index (κ3) is 4.50. The maximum absolute atomic E-state index is 13.5. The van der Waals surface area contributed by atoms with Gasteiger partial charge in [0.1, 0.15) is 5.69 Å². The van der Waals surface area contributed by atoms with Crippen LogP contribution in [0.1, 0.15) is 23.1 Å². The number of carbonyl (C=O) groups is 2. The lowest BCUT2D eigenvalue weighted by molar-refractivity contribution is -0.128. The van der Waals surface area contributed by atoms with Crippen LogP contribution in [0, 0.1) is 12.7 Å². The van der Waals surface area contributed by atoms with Gasteiger partial charge in [0.2, 0.25) is 0 Å². The molecule has 1 heterocycles. The summed E-state index contributed by atoms with van der Waals surface area (Å²) in [5.41, 5.74) is 5.30. The van der Waals surface area contributed by atoms with Crippen LogP contribution in [-0.2, 0) is 4.79 Å². The highest BCUT2D eigenvalue weighted by atomic mass is 19.1. The average Bonchev–Trinajstić information content (AvgIpc) is 2.54. The van der Waals surface area contributed by atoms with Crippen LogP contribution in [0.4, 0.5) is 4.39 Å². The number of para-hydroxylation sites is 1. The van der Waals surface area contributed by atoms with Crippen LogP contribution < -0.4 is 15.6 Å². The number of hydrazine groups is 1. The van der Waals surface area contributed by atoms with Gasteiger partial charge in [0.05, 0.1) is 0 Å². The third-order valence-corrected chi connectivity index (χ3v) is 2.93. The van der Waals surface area contributed by atoms with Crippen molar-refractivity contribution < 1.29 is 18.7 Å². The minimum Gasteiger partial charge on any atom is -0.478 e. The van der Waals surface area contributed by atoms with Gasteiger partial charge in [0, 0.05) is 5.69 Å². The first-order valence-corrected chi connectivity index (χ1v) is 6.92. The lowest BCUT2D eigenvalue weighted by Crippen LogP contribution is -2.47. The Hall–Kier alpha value is -2.96. The quantitative estimate of drug-likeness (QED) is 0.842. The number of hydrogen-bond donors (Lipinski definition) is 2. The van der Waals surface area contributed by atoms with E-state index in [4.69, 9.17) is 4.74 Å². The van der Waals surface area contributed by atoms with Gasteiger partial charge in [0.25, 0.3) is 11.8 Å². The Morgan fingerprint density at radius 1 is 1.13 bits per heavy atom. The van der Waals surface area contributed by atoms with Crippen molar-refractivity contribution >= 4 is 11.8 Å². The number of rotatable bonds is 4. The number of nitrogens with zero attached hydrogens (tertiary/aromatic N) is 1. The molecule has 1 aromatic carbocycles. The summed E-state index contributed by atoms with van der Waals surface area (Å²) in [5, 5.41) is 0. The van der Waals surface area contributed by atoms with Gasteiger partial charge in [-0.3, -0.25) is 20.4 Å². The molecule has 0 spiro atoms. The molecule has 1 aromatic heterocycles. The van der Waals surface area contributed by atoms with E-state index in [2.05, 4.69) is 15.8 Å². The topological polar surface area (TPSA) is 80.3 Å². The van der Waals surface area contributed by atoms with Gasteiger partial charge < -0.3 is 4.74 Å². The molecule has 1 unspecified atom stereocenters. The molecule has 0 saturated heterocycles. The molecule has 0 aliphatic carbocycles. The molecule has 0 aliphatic rings. The van der Waals surface area contributed by atoms with E-state index in [0.717, 1.165) is 0 Å². The van der Waals surface area contributed by atoms with Crippen LogP contribution in [0.25, 0.3) is 0 Å². The fourth-order valence-electron chi connectivity index (χ4n) is 1.74. The molecule has 6 nitrogen and oxygen atoms in total. The number of pyridine rings is 1. The number of nitrogens with one attached hydrogen (secondary N) is 2. The first-order valence-electron chi connectivity index (χ1n) is 6.92. The van der Waals surface area contributed by atoms with Gasteiger partial charge in [-0.2, -0.15) is 0 Å². The Morgan fingerprint density at radius 3 is 2.57 bits per heavy atom. The number of carbonyl (C=O) groups excluding carboxylic acids is 2. The monoisotopic (exact) mass is 317 g/mol. The van der Waals surface area contributed by atoms with Gasteiger partial charge in [0.15, 0.2) is 17.7 Å². The summed E-state index contributed by atoms with van der Waals surface area (Å²) >= 11 is 0. The Labute approximate surface area is 132 Å². The zero-order chi connectivity index (χ0) is 16.8. The minimum absolute atomic E-state index is 0.0400. The van der Waals surface area contributed by atoms with Gasteiger partial charge in [-0.05, 0) is 38.1 Å². The smallest absolute Gasteiger partial charge is 0.288 e. The van der Waals surface area contributed by atoms with Crippen LogP contribution in [0.15, 0.2) is 42.5 Å². The summed E-state index contributed by atoms with van der Waals surface area (Å²) in [6, 6.07) is 10.7. The highest BCUT2D eigenvalue weighted by Gasteiger charge is 2.17. The van der Waals surface area contributed by atoms with Crippen LogP contribution in [0.3, 0.4) is 0 Å². The van der Waals surface area contributed by atoms with E-state index in [0.29, 0.717) is 5.69 Å². The number of halogens is 1. The van der Waals surface area contributed by atoms with E-state index in [1.807, 2.05) is 0 Å². The van der Waals surface area contributed by atoms with Crippen molar-refractivity contribution in [1.29, 1.82) is 0 Å². The zero-order valence-corrected chi connectivity index (χ0v) is 12.7. The largest absolute Gasteiger partial charge is 0.478 e. The highest BCUT2D eigenvalue weighted by Crippen LogP contribution is 2.16. The summed E-state index contributed by atoms with van der Waals surface area (Å²) in [6.07, 6.45) is -0.988. The number of amides is 2. The molecule has 23 heavy (non-hydrogen) atoms. The molecular formula is C16H16FN3O3. The highest BCUT2D eigenvalue weighted by molar-refractivity contribution is 5.94. The van der Waals surface area contributed by atoms with Gasteiger partial charge in [-0.1, -0.05) is 18.2 Å². The van der Waals surface area contributed by atoms with E-state index in [9.17, 15) is 14.0 Å². The molecule has 7 heteroatoms. The number of aryl methyl sites for hydroxylation is 1. The van der Waals surface area contributed by atoms with E-state index < -0.39 is 23.7 Å². The standard InChI is InChI=1S/C16H16FN3O3/c1-10-6-5-8-13(18-10)16(22)20-19-15(21)11(2)23-14-9-4-3-7-12(14)17/h3-9,11H,1-2H3,(H,19,21)(H,20,22). The van der Waals surface area contributed by atoms with E-state index in [-0.39, 0.29) is 11.4 Å². The van der Waals surface area contributed by atoms with Crippen LogP contribution >= 0.6 is 0 Å². The Kier molecular flexibility index (Phi) is 5.24. The summed E-state index contributed by atoms with van der Waals surface area (Å²) in [6.45, 7) is 3.19. The summed E-state index contributed by atoms with van der Waals surface area (Å²) in [4.78, 5) is 27.7. The van der Waals surface area contributed by atoms with Gasteiger partial charge in [-0.25, -0.2) is 9.37 Å². The van der Waals surface area contributed by atoms with E-state index in [1.165, 1.54) is 31.2 Å². The number of hydrogen-bond acceptors (Lipinski definition) is 4. The molecule has 2 aromatic rings. The van der Waals surface area contributed by atoms with Crippen LogP contribution in [0.2, 0.25) is 0 Å². The fraction of sp³-hybridized carbons (Fsp3) is 0.188. The lowest BCUT2D eigenvalue weighted by atomic mass is 10.3. The van der Waals surface area contributed by atoms with Gasteiger partial charge in [-0.15, -0.1) is 0 Å². The first-order chi connectivity index (χ1) is 11.0. The molecule has 120 valence electrons. The predicted molar refractivity (Wildman–Crippen MR) is 81.1 cm³/mol. The fourth-order valence-corrected chi connectivity index (χ4v) is 1.74. The zero-order valence-electron chi connectivity index (χ0n) is 12.7. The maximum atomic E-state index is 13.5. The molecule has 1 atom stereocenters. The molecule has 2 N–H and O–H groups in total. The maximum Gasteiger partial charge on any atom is 0.288 e. The molecule has 0 fully saturated rings. The molecule has 0 aliphatic heterocycles. The molecule has 2 amide bonds. The molecular weight excluding hydrogens is 301 g/mol. The first kappa shape index (κ1) is 16.4.